The summed E-state index contributed by atoms with van der Waals surface area (Å²) in [6, 6.07) is 22.6. The van der Waals surface area contributed by atoms with E-state index in [4.69, 9.17) is 40.1 Å². The standard InChI is InChI=1S/C30H32ClN5O3.C14H22O6S/c1-4-24(37)18-39-27-16-22-15-23(9-10-26(22)35(3)29(27)38)33-28-25(31)17-32-30(34-28)36-13-11-21(12-14-36)20-7-5-19(2)6-8-20;1-13-3-5-14(6-4-13)21(16,17)20-12-11-19-10-9-18-8-2-7-15/h5-10,15-17,21H,4,11-14,18H2,1-3H3,(H,32,33,34);3-6,15H,2,7-12H2,1H3. The summed E-state index contributed by atoms with van der Waals surface area (Å²) in [5.41, 5.74) is 4.85. The summed E-state index contributed by atoms with van der Waals surface area (Å²) in [4.78, 5) is 36.0. The number of aryl methyl sites for hydroxylation is 3. The summed E-state index contributed by atoms with van der Waals surface area (Å²) >= 11 is 6.47. The van der Waals surface area contributed by atoms with E-state index in [9.17, 15) is 18.0 Å². The number of aromatic nitrogens is 3. The van der Waals surface area contributed by atoms with Crippen molar-refractivity contribution >= 4 is 55.9 Å². The van der Waals surface area contributed by atoms with Crippen LogP contribution in [0.2, 0.25) is 5.02 Å². The molecule has 3 heterocycles. The largest absolute Gasteiger partial charge is 0.480 e. The van der Waals surface area contributed by atoms with Crippen LogP contribution in [0, 0.1) is 13.8 Å². The highest BCUT2D eigenvalue weighted by atomic mass is 35.5. The summed E-state index contributed by atoms with van der Waals surface area (Å²) in [7, 11) is -2.04. The molecule has 0 spiro atoms. The Labute approximate surface area is 356 Å². The first-order chi connectivity index (χ1) is 28.9. The zero-order valence-corrected chi connectivity index (χ0v) is 36.1. The van der Waals surface area contributed by atoms with E-state index in [0.717, 1.165) is 48.1 Å². The first-order valence-electron chi connectivity index (χ1n) is 20.0. The topological polar surface area (TPSA) is 171 Å². The first kappa shape index (κ1) is 46.2. The second kappa shape index (κ2) is 22.6. The van der Waals surface area contributed by atoms with Crippen molar-refractivity contribution in [3.63, 3.8) is 0 Å². The van der Waals surface area contributed by atoms with Crippen molar-refractivity contribution in [1.29, 1.82) is 0 Å². The summed E-state index contributed by atoms with van der Waals surface area (Å²) in [6.45, 7) is 8.86. The molecule has 16 heteroatoms. The molecule has 322 valence electrons. The van der Waals surface area contributed by atoms with E-state index in [1.54, 1.807) is 38.4 Å². The second-order valence-corrected chi connectivity index (χ2v) is 16.4. The Morgan fingerprint density at radius 3 is 2.23 bits per heavy atom. The van der Waals surface area contributed by atoms with Gasteiger partial charge in [-0.2, -0.15) is 13.4 Å². The highest BCUT2D eigenvalue weighted by Gasteiger charge is 2.23. The number of anilines is 3. The van der Waals surface area contributed by atoms with E-state index in [0.29, 0.717) is 55.4 Å². The fourth-order valence-corrected chi connectivity index (χ4v) is 7.38. The monoisotopic (exact) mass is 863 g/mol. The van der Waals surface area contributed by atoms with Crippen molar-refractivity contribution in [2.75, 3.05) is 69.6 Å². The molecule has 1 aliphatic rings. The van der Waals surface area contributed by atoms with Crippen molar-refractivity contribution in [2.45, 2.75) is 57.3 Å². The number of nitrogens with zero attached hydrogens (tertiary/aromatic N) is 4. The molecule has 1 aliphatic heterocycles. The second-order valence-electron chi connectivity index (χ2n) is 14.4. The van der Waals surface area contributed by atoms with Gasteiger partial charge in [0.1, 0.15) is 11.6 Å². The Morgan fingerprint density at radius 1 is 0.917 bits per heavy atom. The third-order valence-electron chi connectivity index (χ3n) is 9.89. The number of pyridine rings is 1. The van der Waals surface area contributed by atoms with Crippen LogP contribution in [0.15, 0.2) is 88.7 Å². The van der Waals surface area contributed by atoms with Gasteiger partial charge in [0.05, 0.1) is 43.0 Å². The van der Waals surface area contributed by atoms with E-state index in [1.807, 2.05) is 25.1 Å². The van der Waals surface area contributed by atoms with E-state index < -0.39 is 10.1 Å². The SMILES string of the molecule is CCC(=O)COc1cc2cc(Nc3nc(N4CCC(c5ccc(C)cc5)CC4)ncc3Cl)ccc2n(C)c1=O.Cc1ccc(S(=O)(=O)OCCOCCOCCCO)cc1. The molecule has 0 atom stereocenters. The van der Waals surface area contributed by atoms with Crippen molar-refractivity contribution in [3.05, 3.63) is 111 Å². The fourth-order valence-electron chi connectivity index (χ4n) is 6.34. The number of aliphatic hydroxyl groups is 1. The molecule has 0 radical (unpaired) electrons. The quantitative estimate of drug-likeness (QED) is 0.0650. The smallest absolute Gasteiger partial charge is 0.297 e. The number of aliphatic hydroxyl groups excluding tert-OH is 1. The summed E-state index contributed by atoms with van der Waals surface area (Å²) in [5.74, 6) is 1.76. The van der Waals surface area contributed by atoms with Crippen LogP contribution < -0.4 is 20.5 Å². The number of fused-ring (bicyclic) bond motifs is 1. The summed E-state index contributed by atoms with van der Waals surface area (Å²) in [5, 5.41) is 13.0. The summed E-state index contributed by atoms with van der Waals surface area (Å²) < 4.78 is 45.9. The van der Waals surface area contributed by atoms with Crippen LogP contribution in [0.1, 0.15) is 55.2 Å². The number of carbonyl (C=O) groups excluding carboxylic acids is 1. The molecule has 6 rings (SSSR count). The van der Waals surface area contributed by atoms with Crippen molar-refractivity contribution in [2.24, 2.45) is 7.05 Å². The maximum absolute atomic E-state index is 12.7. The number of Topliss-reactive ketones (excluding diaryl/α,β-unsaturated/α-hetero) is 1. The number of carbonyl (C=O) groups is 1. The van der Waals surface area contributed by atoms with Gasteiger partial charge in [0.2, 0.25) is 5.95 Å². The molecule has 0 bridgehead atoms. The minimum atomic E-state index is -3.72. The minimum Gasteiger partial charge on any atom is -0.480 e. The number of ether oxygens (including phenoxy) is 3. The Morgan fingerprint density at radius 2 is 1.57 bits per heavy atom. The molecule has 0 amide bonds. The minimum absolute atomic E-state index is 0.0349. The van der Waals surface area contributed by atoms with Crippen LogP contribution in [0.4, 0.5) is 17.5 Å². The molecule has 0 unspecified atom stereocenters. The van der Waals surface area contributed by atoms with Crippen LogP contribution in [-0.4, -0.2) is 93.2 Å². The number of hydrogen-bond acceptors (Lipinski definition) is 13. The van der Waals surface area contributed by atoms with Gasteiger partial charge in [0.25, 0.3) is 15.7 Å². The molecule has 0 aliphatic carbocycles. The molecule has 5 aromatic rings. The lowest BCUT2D eigenvalue weighted by molar-refractivity contribution is -0.120. The van der Waals surface area contributed by atoms with Crippen LogP contribution in [-0.2, 0) is 35.6 Å². The number of piperidine rings is 1. The van der Waals surface area contributed by atoms with E-state index >= 15 is 0 Å². The average Bonchev–Trinajstić information content (AvgIpc) is 3.25. The number of hydrogen-bond donors (Lipinski definition) is 2. The molecule has 0 saturated carbocycles. The zero-order chi connectivity index (χ0) is 43.1. The van der Waals surface area contributed by atoms with Gasteiger partial charge in [0, 0.05) is 50.8 Å². The van der Waals surface area contributed by atoms with Gasteiger partial charge in [-0.05, 0) is 81.0 Å². The lowest BCUT2D eigenvalue weighted by Gasteiger charge is -2.32. The molecular formula is C44H54ClN5O9S. The molecule has 1 fully saturated rings. The third kappa shape index (κ3) is 13.3. The van der Waals surface area contributed by atoms with Gasteiger partial charge >= 0.3 is 0 Å². The van der Waals surface area contributed by atoms with Crippen molar-refractivity contribution in [1.82, 2.24) is 14.5 Å². The lowest BCUT2D eigenvalue weighted by Crippen LogP contribution is -2.34. The third-order valence-corrected chi connectivity index (χ3v) is 11.5. The molecule has 14 nitrogen and oxygen atoms in total. The first-order valence-corrected chi connectivity index (χ1v) is 21.8. The fraction of sp³-hybridized carbons (Fsp3) is 0.409. The number of benzene rings is 3. The number of rotatable bonds is 19. The van der Waals surface area contributed by atoms with E-state index in [-0.39, 0.29) is 48.4 Å². The predicted molar refractivity (Wildman–Crippen MR) is 233 cm³/mol. The van der Waals surface area contributed by atoms with Gasteiger partial charge in [-0.15, -0.1) is 0 Å². The van der Waals surface area contributed by atoms with Crippen molar-refractivity contribution < 1.29 is 36.7 Å². The normalized spacial score (nSPS) is 13.2. The Balaban J connectivity index is 0.000000276. The number of ketones is 1. The highest BCUT2D eigenvalue weighted by Crippen LogP contribution is 2.32. The number of nitrogens with one attached hydrogen (secondary N) is 1. The van der Waals surface area contributed by atoms with Gasteiger partial charge in [0.15, 0.2) is 17.4 Å². The Bertz CT molecular complexity index is 2330. The van der Waals surface area contributed by atoms with Crippen LogP contribution in [0.5, 0.6) is 5.75 Å². The average molecular weight is 864 g/mol. The highest BCUT2D eigenvalue weighted by molar-refractivity contribution is 7.86. The molecule has 2 N–H and O–H groups in total. The number of halogens is 1. The zero-order valence-electron chi connectivity index (χ0n) is 34.6. The molecule has 2 aromatic heterocycles. The van der Waals surface area contributed by atoms with Gasteiger partial charge in [-0.3, -0.25) is 13.8 Å². The molecule has 1 saturated heterocycles. The lowest BCUT2D eigenvalue weighted by atomic mass is 9.89. The van der Waals surface area contributed by atoms with Crippen molar-refractivity contribution in [3.8, 4) is 5.75 Å². The Kier molecular flexibility index (Phi) is 17.4. The van der Waals surface area contributed by atoms with E-state index in [2.05, 4.69) is 46.4 Å². The Hall–Kier alpha value is -4.90. The summed E-state index contributed by atoms with van der Waals surface area (Å²) in [6.07, 6.45) is 4.65. The maximum Gasteiger partial charge on any atom is 0.297 e. The van der Waals surface area contributed by atoms with Crippen LogP contribution in [0.25, 0.3) is 10.9 Å². The van der Waals surface area contributed by atoms with E-state index in [1.165, 1.54) is 27.8 Å². The molecule has 3 aromatic carbocycles. The molecule has 60 heavy (non-hydrogen) atoms. The van der Waals surface area contributed by atoms with Gasteiger partial charge in [-0.1, -0.05) is 66.0 Å². The maximum atomic E-state index is 12.7. The van der Waals surface area contributed by atoms with Gasteiger partial charge in [-0.25, -0.2) is 4.98 Å². The molecular weight excluding hydrogens is 810 g/mol. The van der Waals surface area contributed by atoms with Crippen LogP contribution >= 0.6 is 11.6 Å². The predicted octanol–water partition coefficient (Wildman–Crippen LogP) is 6.89. The van der Waals surface area contributed by atoms with Crippen LogP contribution in [0.3, 0.4) is 0 Å². The van der Waals surface area contributed by atoms with Gasteiger partial charge < -0.3 is 34.1 Å².